The Bertz CT molecular complexity index is 730. The van der Waals surface area contributed by atoms with Gasteiger partial charge in [0.25, 0.3) is 0 Å². The molecule has 22 heavy (non-hydrogen) atoms. The summed E-state index contributed by atoms with van der Waals surface area (Å²) in [5, 5.41) is 0. The second kappa shape index (κ2) is 7.06. The molecule has 0 saturated carbocycles. The maximum absolute atomic E-state index is 11.8. The molecule has 1 N–H and O–H groups in total. The molecule has 2 aromatic rings. The highest BCUT2D eigenvalue weighted by molar-refractivity contribution is 7.88. The molecule has 118 valence electrons. The van der Waals surface area contributed by atoms with Crippen molar-refractivity contribution in [2.45, 2.75) is 3.79 Å². The van der Waals surface area contributed by atoms with E-state index >= 15 is 0 Å². The Kier molecular flexibility index (Phi) is 5.58. The number of anilines is 1. The third-order valence-electron chi connectivity index (χ3n) is 2.59. The van der Waals surface area contributed by atoms with E-state index in [0.29, 0.717) is 5.69 Å². The Morgan fingerprint density at radius 1 is 0.955 bits per heavy atom. The Morgan fingerprint density at radius 3 is 2.23 bits per heavy atom. The minimum absolute atomic E-state index is 0.352. The van der Waals surface area contributed by atoms with Gasteiger partial charge in [0.05, 0.1) is 5.69 Å². The van der Waals surface area contributed by atoms with Crippen LogP contribution in [0.15, 0.2) is 54.6 Å². The van der Waals surface area contributed by atoms with Gasteiger partial charge in [0.1, 0.15) is 6.61 Å². The van der Waals surface area contributed by atoms with E-state index in [1.54, 1.807) is 18.2 Å². The van der Waals surface area contributed by atoms with Crippen LogP contribution in [0.5, 0.6) is 0 Å². The van der Waals surface area contributed by atoms with Crippen molar-refractivity contribution in [1.82, 2.24) is 0 Å². The fraction of sp³-hybridized carbons (Fsp3) is 0.143. The summed E-state index contributed by atoms with van der Waals surface area (Å²) in [5.74, 6) is 0. The Hall–Kier alpha value is -0.980. The molecule has 0 fully saturated rings. The summed E-state index contributed by atoms with van der Waals surface area (Å²) >= 11 is 16.4. The monoisotopic (exact) mass is 379 g/mol. The first-order valence-corrected chi connectivity index (χ1v) is 8.69. The molecule has 0 aliphatic heterocycles. The molecule has 0 atom stereocenters. The molecule has 0 spiro atoms. The third-order valence-corrected chi connectivity index (χ3v) is 3.83. The van der Waals surface area contributed by atoms with Gasteiger partial charge < -0.3 is 0 Å². The van der Waals surface area contributed by atoms with Crippen molar-refractivity contribution in [3.63, 3.8) is 0 Å². The number of rotatable bonds is 5. The first kappa shape index (κ1) is 17.4. The normalized spacial score (nSPS) is 12.1. The number of alkyl halides is 3. The highest BCUT2D eigenvalue weighted by Gasteiger charge is 2.24. The van der Waals surface area contributed by atoms with E-state index in [1.807, 2.05) is 36.4 Å². The van der Waals surface area contributed by atoms with Gasteiger partial charge in [-0.15, -0.1) is 0 Å². The summed E-state index contributed by atoms with van der Waals surface area (Å²) in [7, 11) is -4.07. The standard InChI is InChI=1S/C14H12Cl3NO3S/c15-14(16,17)10-21-22(19,20)18-13-8-4-7-12(9-13)11-5-2-1-3-6-11/h1-9,18H,10H2. The van der Waals surface area contributed by atoms with Crippen molar-refractivity contribution in [2.75, 3.05) is 11.3 Å². The third kappa shape index (κ3) is 5.66. The second-order valence-electron chi connectivity index (χ2n) is 4.38. The van der Waals surface area contributed by atoms with Crippen molar-refractivity contribution in [1.29, 1.82) is 0 Å². The Balaban J connectivity index is 2.14. The molecule has 0 heterocycles. The molecular formula is C14H12Cl3NO3S. The molecule has 2 aromatic carbocycles. The molecule has 8 heteroatoms. The molecule has 0 saturated heterocycles. The fourth-order valence-electron chi connectivity index (χ4n) is 1.71. The first-order valence-electron chi connectivity index (χ1n) is 6.15. The molecular weight excluding hydrogens is 369 g/mol. The van der Waals surface area contributed by atoms with Crippen LogP contribution < -0.4 is 4.72 Å². The van der Waals surface area contributed by atoms with E-state index in [1.165, 1.54) is 0 Å². The topological polar surface area (TPSA) is 55.4 Å². The van der Waals surface area contributed by atoms with Gasteiger partial charge >= 0.3 is 10.3 Å². The van der Waals surface area contributed by atoms with E-state index < -0.39 is 20.7 Å². The lowest BCUT2D eigenvalue weighted by atomic mass is 10.1. The van der Waals surface area contributed by atoms with Crippen molar-refractivity contribution < 1.29 is 12.6 Å². The van der Waals surface area contributed by atoms with Crippen LogP contribution in [0.4, 0.5) is 5.69 Å². The van der Waals surface area contributed by atoms with Gasteiger partial charge in [0.2, 0.25) is 3.79 Å². The van der Waals surface area contributed by atoms with Gasteiger partial charge in [-0.05, 0) is 23.3 Å². The number of hydrogen-bond donors (Lipinski definition) is 1. The molecule has 2 rings (SSSR count). The largest absolute Gasteiger partial charge is 0.360 e. The number of benzene rings is 2. The average molecular weight is 381 g/mol. The molecule has 0 aliphatic rings. The summed E-state index contributed by atoms with van der Waals surface area (Å²) in [6.45, 7) is -0.578. The van der Waals surface area contributed by atoms with Gasteiger partial charge in [-0.3, -0.25) is 4.72 Å². The molecule has 0 bridgehead atoms. The van der Waals surface area contributed by atoms with E-state index in [2.05, 4.69) is 8.91 Å². The zero-order chi connectivity index (χ0) is 16.2. The predicted octanol–water partition coefficient (Wildman–Crippen LogP) is 4.40. The van der Waals surface area contributed by atoms with Gasteiger partial charge in [-0.2, -0.15) is 8.42 Å². The lowest BCUT2D eigenvalue weighted by Crippen LogP contribution is -2.22. The lowest BCUT2D eigenvalue weighted by Gasteiger charge is -2.13. The first-order chi connectivity index (χ1) is 10.3. The molecule has 0 unspecified atom stereocenters. The molecule has 0 aliphatic carbocycles. The summed E-state index contributed by atoms with van der Waals surface area (Å²) in [5.41, 5.74) is 2.18. The van der Waals surface area contributed by atoms with Crippen LogP contribution in [0, 0.1) is 0 Å². The summed E-state index contributed by atoms with van der Waals surface area (Å²) < 4.78 is 28.6. The predicted molar refractivity (Wildman–Crippen MR) is 90.7 cm³/mol. The van der Waals surface area contributed by atoms with Crippen LogP contribution >= 0.6 is 34.8 Å². The zero-order valence-corrected chi connectivity index (χ0v) is 14.3. The van der Waals surface area contributed by atoms with Crippen LogP contribution in [0.25, 0.3) is 11.1 Å². The van der Waals surface area contributed by atoms with Crippen LogP contribution in [-0.4, -0.2) is 18.8 Å². The molecule has 4 nitrogen and oxygen atoms in total. The summed E-state index contributed by atoms with van der Waals surface area (Å²) in [6.07, 6.45) is 0. The highest BCUT2D eigenvalue weighted by atomic mass is 35.6. The quantitative estimate of drug-likeness (QED) is 0.782. The Morgan fingerprint density at radius 2 is 1.59 bits per heavy atom. The van der Waals surface area contributed by atoms with E-state index in [0.717, 1.165) is 11.1 Å². The summed E-state index contributed by atoms with van der Waals surface area (Å²) in [4.78, 5) is 0. The van der Waals surface area contributed by atoms with Crippen LogP contribution in [0.1, 0.15) is 0 Å². The minimum Gasteiger partial charge on any atom is -0.261 e. The van der Waals surface area contributed by atoms with Crippen LogP contribution in [0.3, 0.4) is 0 Å². The summed E-state index contributed by atoms with van der Waals surface area (Å²) in [6, 6.07) is 16.4. The van der Waals surface area contributed by atoms with E-state index in [4.69, 9.17) is 34.8 Å². The molecule has 0 radical (unpaired) electrons. The number of halogens is 3. The maximum Gasteiger partial charge on any atom is 0.360 e. The fourth-order valence-corrected chi connectivity index (χ4v) is 2.88. The van der Waals surface area contributed by atoms with Crippen LogP contribution in [0.2, 0.25) is 0 Å². The zero-order valence-electron chi connectivity index (χ0n) is 11.2. The molecule has 0 aromatic heterocycles. The molecule has 0 amide bonds. The second-order valence-corrected chi connectivity index (χ2v) is 8.24. The van der Waals surface area contributed by atoms with Crippen molar-refractivity contribution in [3.8, 4) is 11.1 Å². The van der Waals surface area contributed by atoms with Gasteiger partial charge in [-0.1, -0.05) is 77.3 Å². The van der Waals surface area contributed by atoms with E-state index in [9.17, 15) is 8.42 Å². The van der Waals surface area contributed by atoms with Crippen molar-refractivity contribution in [3.05, 3.63) is 54.6 Å². The Labute approximate surface area is 144 Å². The van der Waals surface area contributed by atoms with Crippen molar-refractivity contribution in [2.24, 2.45) is 0 Å². The SMILES string of the molecule is O=S(=O)(Nc1cccc(-c2ccccc2)c1)OCC(Cl)(Cl)Cl. The number of nitrogens with one attached hydrogen (secondary N) is 1. The van der Waals surface area contributed by atoms with Crippen molar-refractivity contribution >= 4 is 50.8 Å². The smallest absolute Gasteiger partial charge is 0.261 e. The van der Waals surface area contributed by atoms with E-state index in [-0.39, 0.29) is 0 Å². The average Bonchev–Trinajstić information content (AvgIpc) is 2.46. The lowest BCUT2D eigenvalue weighted by molar-refractivity contribution is 0.329. The number of hydrogen-bond acceptors (Lipinski definition) is 3. The van der Waals surface area contributed by atoms with Crippen LogP contribution in [-0.2, 0) is 14.5 Å². The highest BCUT2D eigenvalue weighted by Crippen LogP contribution is 2.27. The van der Waals surface area contributed by atoms with Gasteiger partial charge in [0, 0.05) is 0 Å². The minimum atomic E-state index is -4.07. The maximum atomic E-state index is 11.8. The van der Waals surface area contributed by atoms with Gasteiger partial charge in [0.15, 0.2) is 0 Å². The van der Waals surface area contributed by atoms with Gasteiger partial charge in [-0.25, -0.2) is 4.18 Å².